The number of unbranched alkanes of at least 4 members (excludes halogenated alkanes) is 1. The first kappa shape index (κ1) is 39.6. The van der Waals surface area contributed by atoms with Crippen molar-refractivity contribution >= 4 is 23.9 Å². The molecule has 0 aliphatic heterocycles. The van der Waals surface area contributed by atoms with Crippen molar-refractivity contribution in [1.29, 1.82) is 0 Å². The predicted molar refractivity (Wildman–Crippen MR) is 193 cm³/mol. The van der Waals surface area contributed by atoms with Crippen molar-refractivity contribution in [1.82, 2.24) is 15.5 Å². The van der Waals surface area contributed by atoms with Crippen LogP contribution in [0.5, 0.6) is 5.75 Å². The molecule has 3 amide bonds. The van der Waals surface area contributed by atoms with Crippen molar-refractivity contribution in [2.24, 2.45) is 0 Å². The van der Waals surface area contributed by atoms with E-state index in [9.17, 15) is 24.3 Å². The third-order valence-corrected chi connectivity index (χ3v) is 7.72. The number of phenols is 1. The van der Waals surface area contributed by atoms with Gasteiger partial charge in [0.1, 0.15) is 35.1 Å². The Balaban J connectivity index is 2.14. The van der Waals surface area contributed by atoms with Crippen molar-refractivity contribution in [3.05, 3.63) is 101 Å². The minimum Gasteiger partial charge on any atom is -0.507 e. The Morgan fingerprint density at radius 1 is 0.740 bits per heavy atom. The SMILES string of the molecule is CCCCN(C(=O)C(Cc1ccccc1)NC(=O)OC(C)(C)C)C(C(=O)NC(Cc1ccccc1)C(=O)OC(C)(C)C)c1cccc(C)c1O. The standard InChI is InChI=1S/C40H53N3O7/c1-9-10-24-43(36(46)31(25-28-19-13-11-14-20-28)42-38(48)50-40(6,7)8)33(30-23-17-18-27(2)34(30)44)35(45)41-32(37(47)49-39(3,4)5)26-29-21-15-12-16-22-29/h11-23,31-33,44H,9-10,24-26H2,1-8H3,(H,41,45)(H,42,48). The van der Waals surface area contributed by atoms with Crippen LogP contribution in [0.1, 0.15) is 89.6 Å². The van der Waals surface area contributed by atoms with E-state index in [1.807, 2.05) is 67.6 Å². The lowest BCUT2D eigenvalue weighted by Gasteiger charge is -2.36. The van der Waals surface area contributed by atoms with Gasteiger partial charge in [0, 0.05) is 24.9 Å². The highest BCUT2D eigenvalue weighted by atomic mass is 16.6. The van der Waals surface area contributed by atoms with E-state index in [1.165, 1.54) is 4.90 Å². The predicted octanol–water partition coefficient (Wildman–Crippen LogP) is 6.58. The largest absolute Gasteiger partial charge is 0.507 e. The zero-order valence-electron chi connectivity index (χ0n) is 30.6. The first-order chi connectivity index (χ1) is 23.5. The number of carbonyl (C=O) groups excluding carboxylic acids is 4. The summed E-state index contributed by atoms with van der Waals surface area (Å²) in [6, 6.07) is 19.8. The van der Waals surface area contributed by atoms with Crippen LogP contribution in [0.3, 0.4) is 0 Å². The summed E-state index contributed by atoms with van der Waals surface area (Å²) >= 11 is 0. The van der Waals surface area contributed by atoms with Gasteiger partial charge in [0.25, 0.3) is 0 Å². The number of ether oxygens (including phenoxy) is 2. The molecule has 50 heavy (non-hydrogen) atoms. The summed E-state index contributed by atoms with van der Waals surface area (Å²) in [5.74, 6) is -2.02. The van der Waals surface area contributed by atoms with Gasteiger partial charge in [-0.2, -0.15) is 0 Å². The molecule has 0 aromatic heterocycles. The molecular formula is C40H53N3O7. The maximum absolute atomic E-state index is 14.8. The van der Waals surface area contributed by atoms with Crippen LogP contribution in [-0.4, -0.2) is 63.7 Å². The second-order valence-electron chi connectivity index (χ2n) is 14.5. The van der Waals surface area contributed by atoms with E-state index in [-0.39, 0.29) is 30.7 Å². The summed E-state index contributed by atoms with van der Waals surface area (Å²) in [7, 11) is 0. The van der Waals surface area contributed by atoms with Gasteiger partial charge in [-0.1, -0.05) is 92.2 Å². The highest BCUT2D eigenvalue weighted by Gasteiger charge is 2.39. The molecule has 3 atom stereocenters. The Morgan fingerprint density at radius 2 is 1.28 bits per heavy atom. The number of carbonyl (C=O) groups is 4. The number of rotatable bonds is 14. The van der Waals surface area contributed by atoms with Crippen LogP contribution in [0.4, 0.5) is 4.79 Å². The smallest absolute Gasteiger partial charge is 0.408 e. The fourth-order valence-electron chi connectivity index (χ4n) is 5.41. The molecule has 3 N–H and O–H groups in total. The number of benzene rings is 3. The topological polar surface area (TPSA) is 134 Å². The van der Waals surface area contributed by atoms with Gasteiger partial charge in [0.2, 0.25) is 11.8 Å². The maximum atomic E-state index is 14.8. The zero-order chi connectivity index (χ0) is 37.1. The van der Waals surface area contributed by atoms with E-state index in [2.05, 4.69) is 10.6 Å². The van der Waals surface area contributed by atoms with Gasteiger partial charge in [-0.3, -0.25) is 9.59 Å². The molecule has 270 valence electrons. The van der Waals surface area contributed by atoms with Gasteiger partial charge in [-0.15, -0.1) is 0 Å². The lowest BCUT2D eigenvalue weighted by atomic mass is 9.97. The van der Waals surface area contributed by atoms with E-state index in [1.54, 1.807) is 66.7 Å². The number of nitrogens with one attached hydrogen (secondary N) is 2. The fraction of sp³-hybridized carbons (Fsp3) is 0.450. The summed E-state index contributed by atoms with van der Waals surface area (Å²) < 4.78 is 11.2. The average molecular weight is 688 g/mol. The molecule has 10 nitrogen and oxygen atoms in total. The molecule has 3 rings (SSSR count). The van der Waals surface area contributed by atoms with E-state index in [4.69, 9.17) is 9.47 Å². The molecule has 0 heterocycles. The van der Waals surface area contributed by atoms with Crippen molar-refractivity contribution in [2.45, 2.75) is 110 Å². The van der Waals surface area contributed by atoms with Crippen molar-refractivity contribution in [3.63, 3.8) is 0 Å². The first-order valence-corrected chi connectivity index (χ1v) is 17.2. The molecule has 0 aliphatic rings. The lowest BCUT2D eigenvalue weighted by Crippen LogP contribution is -2.55. The number of aromatic hydroxyl groups is 1. The summed E-state index contributed by atoms with van der Waals surface area (Å²) in [6.07, 6.45) is 0.675. The first-order valence-electron chi connectivity index (χ1n) is 17.2. The van der Waals surface area contributed by atoms with E-state index < -0.39 is 53.2 Å². The minimum atomic E-state index is -1.37. The highest BCUT2D eigenvalue weighted by molar-refractivity contribution is 5.94. The van der Waals surface area contributed by atoms with Crippen molar-refractivity contribution in [2.75, 3.05) is 6.54 Å². The molecule has 0 bridgehead atoms. The summed E-state index contributed by atoms with van der Waals surface area (Å²) in [4.78, 5) is 57.5. The third kappa shape index (κ3) is 12.2. The van der Waals surface area contributed by atoms with E-state index >= 15 is 0 Å². The van der Waals surface area contributed by atoms with Crippen LogP contribution >= 0.6 is 0 Å². The maximum Gasteiger partial charge on any atom is 0.408 e. The zero-order valence-corrected chi connectivity index (χ0v) is 30.6. The minimum absolute atomic E-state index is 0.115. The number of aryl methyl sites for hydroxylation is 1. The molecule has 3 unspecified atom stereocenters. The molecule has 3 aromatic carbocycles. The van der Waals surface area contributed by atoms with Crippen LogP contribution < -0.4 is 10.6 Å². The number of hydrogen-bond donors (Lipinski definition) is 3. The van der Waals surface area contributed by atoms with Crippen LogP contribution in [0.2, 0.25) is 0 Å². The summed E-state index contributed by atoms with van der Waals surface area (Å²) in [5.41, 5.74) is 0.615. The fourth-order valence-corrected chi connectivity index (χ4v) is 5.41. The third-order valence-electron chi connectivity index (χ3n) is 7.72. The Morgan fingerprint density at radius 3 is 1.80 bits per heavy atom. The number of alkyl carbamates (subject to hydrolysis) is 1. The molecule has 0 radical (unpaired) electrons. The molecule has 0 fully saturated rings. The number of amides is 3. The van der Waals surface area contributed by atoms with Crippen LogP contribution in [0.15, 0.2) is 78.9 Å². The molecular weight excluding hydrogens is 634 g/mol. The molecule has 0 aliphatic carbocycles. The Hall–Kier alpha value is -4.86. The lowest BCUT2D eigenvalue weighted by molar-refractivity contribution is -0.159. The number of phenolic OH excluding ortho intramolecular Hbond substituents is 1. The van der Waals surface area contributed by atoms with Gasteiger partial charge < -0.3 is 30.1 Å². The second-order valence-corrected chi connectivity index (χ2v) is 14.5. The highest BCUT2D eigenvalue weighted by Crippen LogP contribution is 2.33. The molecule has 0 saturated heterocycles. The van der Waals surface area contributed by atoms with Crippen LogP contribution in [-0.2, 0) is 36.7 Å². The molecule has 3 aromatic rings. The van der Waals surface area contributed by atoms with Gasteiger partial charge >= 0.3 is 12.1 Å². The molecule has 0 saturated carbocycles. The number of hydrogen-bond acceptors (Lipinski definition) is 7. The number of esters is 1. The summed E-state index contributed by atoms with van der Waals surface area (Å²) in [6.45, 7) is 14.2. The van der Waals surface area contributed by atoms with Crippen molar-refractivity contribution in [3.8, 4) is 5.75 Å². The summed E-state index contributed by atoms with van der Waals surface area (Å²) in [5, 5.41) is 17.0. The van der Waals surface area contributed by atoms with Gasteiger partial charge in [0.05, 0.1) is 0 Å². The number of para-hydroxylation sites is 1. The van der Waals surface area contributed by atoms with Gasteiger partial charge in [-0.25, -0.2) is 9.59 Å². The number of nitrogens with zero attached hydrogens (tertiary/aromatic N) is 1. The molecule has 0 spiro atoms. The van der Waals surface area contributed by atoms with E-state index in [0.717, 1.165) is 11.1 Å². The van der Waals surface area contributed by atoms with Crippen molar-refractivity contribution < 1.29 is 33.8 Å². The Kier molecular flexibility index (Phi) is 14.0. The normalized spacial score (nSPS) is 13.4. The monoisotopic (exact) mass is 687 g/mol. The van der Waals surface area contributed by atoms with E-state index in [0.29, 0.717) is 18.4 Å². The second kappa shape index (κ2) is 17.7. The van der Waals surface area contributed by atoms with Crippen LogP contribution in [0, 0.1) is 6.92 Å². The van der Waals surface area contributed by atoms with Gasteiger partial charge in [0.15, 0.2) is 0 Å². The van der Waals surface area contributed by atoms with Crippen LogP contribution in [0.25, 0.3) is 0 Å². The Labute approximate surface area is 296 Å². The molecule has 10 heteroatoms. The average Bonchev–Trinajstić information content (AvgIpc) is 3.03. The Bertz CT molecular complexity index is 1580. The van der Waals surface area contributed by atoms with Gasteiger partial charge in [-0.05, 0) is 71.6 Å². The quantitative estimate of drug-likeness (QED) is 0.163.